The molecule has 6 rings (SSSR count). The van der Waals surface area contributed by atoms with Crippen LogP contribution in [0.4, 0.5) is 15.3 Å². The van der Waals surface area contributed by atoms with E-state index in [4.69, 9.17) is 28.9 Å². The van der Waals surface area contributed by atoms with Gasteiger partial charge < -0.3 is 44.2 Å². The van der Waals surface area contributed by atoms with Crippen molar-refractivity contribution in [3.05, 3.63) is 124 Å². The largest absolute Gasteiger partial charge is 0.459 e. The molecule has 1 aliphatic heterocycles. The summed E-state index contributed by atoms with van der Waals surface area (Å²) >= 11 is 0. The summed E-state index contributed by atoms with van der Waals surface area (Å²) in [7, 11) is 1.64. The Morgan fingerprint density at radius 2 is 1.77 bits per heavy atom. The fourth-order valence-electron chi connectivity index (χ4n) is 8.96. The van der Waals surface area contributed by atoms with E-state index >= 15 is 0 Å². The van der Waals surface area contributed by atoms with Crippen LogP contribution in [0.2, 0.25) is 0 Å². The topological polar surface area (TPSA) is 192 Å². The number of carbonyl (C=O) groups excluding carboxylic acids is 2. The highest BCUT2D eigenvalue weighted by molar-refractivity contribution is 6.03. The molecule has 2 amide bonds. The van der Waals surface area contributed by atoms with Crippen molar-refractivity contribution >= 4 is 23.6 Å². The molecule has 3 aromatic carbocycles. The first kappa shape index (κ1) is 44.8. The van der Waals surface area contributed by atoms with Gasteiger partial charge in [-0.2, -0.15) is 0 Å². The number of unbranched alkanes of at least 4 members (excludes halogenated alkanes) is 2. The molecule has 3 aliphatic rings. The van der Waals surface area contributed by atoms with E-state index in [0.717, 1.165) is 42.4 Å². The van der Waals surface area contributed by atoms with Crippen LogP contribution in [0.5, 0.6) is 11.5 Å². The molecule has 6 atom stereocenters. The molecule has 61 heavy (non-hydrogen) atoms. The maximum atomic E-state index is 13.7. The van der Waals surface area contributed by atoms with Crippen LogP contribution >= 0.6 is 0 Å². The lowest BCUT2D eigenvalue weighted by atomic mass is 9.55. The number of oxime groups is 1. The third-order valence-electron chi connectivity index (χ3n) is 11.7. The number of allylic oxidation sites excluding steroid dienone is 1. The number of nitro groups is 1. The molecule has 15 nitrogen and oxygen atoms in total. The highest BCUT2D eigenvalue weighted by Crippen LogP contribution is 2.61. The quantitative estimate of drug-likeness (QED) is 0.0435. The van der Waals surface area contributed by atoms with Crippen molar-refractivity contribution in [1.82, 2.24) is 10.2 Å². The highest BCUT2D eigenvalue weighted by atomic mass is 16.7. The Labute approximate surface area is 356 Å². The van der Waals surface area contributed by atoms with E-state index in [1.54, 1.807) is 44.3 Å². The molecule has 0 spiro atoms. The van der Waals surface area contributed by atoms with Crippen LogP contribution in [0, 0.1) is 27.9 Å². The third kappa shape index (κ3) is 10.4. The lowest BCUT2D eigenvalue weighted by Gasteiger charge is -2.59. The predicted molar refractivity (Wildman–Crippen MR) is 227 cm³/mol. The maximum Gasteiger partial charge on any atom is 0.412 e. The Morgan fingerprint density at radius 1 is 1.03 bits per heavy atom. The normalized spacial score (nSPS) is 23.0. The molecule has 0 bridgehead atoms. The Kier molecular flexibility index (Phi) is 15.5. The Hall–Kier alpha value is -5.77. The van der Waals surface area contributed by atoms with Crippen molar-refractivity contribution in [3.63, 3.8) is 0 Å². The monoisotopic (exact) mass is 840 g/mol. The van der Waals surface area contributed by atoms with Crippen molar-refractivity contribution in [2.24, 2.45) is 22.9 Å². The number of aliphatic hydroxyl groups is 2. The number of aliphatic hydroxyl groups excluding tert-OH is 2. The summed E-state index contributed by atoms with van der Waals surface area (Å²) < 4.78 is 25.4. The minimum Gasteiger partial charge on any atom is -0.459 e. The second-order valence-corrected chi connectivity index (χ2v) is 15.5. The molecular weight excluding hydrogens is 785 g/mol. The summed E-state index contributed by atoms with van der Waals surface area (Å²) in [6.07, 6.45) is 6.95. The zero-order valence-electron chi connectivity index (χ0n) is 34.8. The van der Waals surface area contributed by atoms with E-state index < -0.39 is 34.9 Å². The first-order valence-corrected chi connectivity index (χ1v) is 21.0. The molecular formula is C46H56N4O11. The van der Waals surface area contributed by atoms with Crippen molar-refractivity contribution in [2.45, 2.75) is 82.8 Å². The second kappa shape index (κ2) is 21.2. The summed E-state index contributed by atoms with van der Waals surface area (Å²) in [5.41, 5.74) is 3.72. The van der Waals surface area contributed by atoms with Gasteiger partial charge in [0, 0.05) is 56.8 Å². The van der Waals surface area contributed by atoms with Gasteiger partial charge in [0.05, 0.1) is 29.8 Å². The number of hydrogen-bond acceptors (Lipinski definition) is 12. The molecule has 3 N–H and O–H groups in total. The molecule has 326 valence electrons. The highest BCUT2D eigenvalue weighted by Gasteiger charge is 2.65. The van der Waals surface area contributed by atoms with Crippen LogP contribution in [0.1, 0.15) is 74.5 Å². The van der Waals surface area contributed by atoms with Gasteiger partial charge >= 0.3 is 12.2 Å². The van der Waals surface area contributed by atoms with Crippen molar-refractivity contribution in [2.75, 3.05) is 33.5 Å². The van der Waals surface area contributed by atoms with Crippen molar-refractivity contribution in [1.29, 1.82) is 0 Å². The van der Waals surface area contributed by atoms with E-state index in [0.29, 0.717) is 35.6 Å². The number of amides is 2. The minimum atomic E-state index is -1.49. The number of nitrogens with one attached hydrogen (secondary N) is 1. The number of fused-ring (bicyclic) bond motifs is 2. The van der Waals surface area contributed by atoms with Crippen LogP contribution in [0.3, 0.4) is 0 Å². The smallest absolute Gasteiger partial charge is 0.412 e. The van der Waals surface area contributed by atoms with Gasteiger partial charge in [-0.05, 0) is 91.5 Å². The molecule has 1 heterocycles. The minimum absolute atomic E-state index is 0.0233. The Balaban J connectivity index is 1.48. The molecule has 2 aliphatic carbocycles. The summed E-state index contributed by atoms with van der Waals surface area (Å²) in [6.45, 7) is 6.29. The number of benzene rings is 3. The summed E-state index contributed by atoms with van der Waals surface area (Å²) in [5.74, 6) is -1.69. The van der Waals surface area contributed by atoms with Gasteiger partial charge in [0.25, 0.3) is 5.69 Å². The van der Waals surface area contributed by atoms with Gasteiger partial charge in [-0.3, -0.25) is 10.1 Å². The average Bonchev–Trinajstić information content (AvgIpc) is 3.26. The average molecular weight is 841 g/mol. The van der Waals surface area contributed by atoms with E-state index in [1.807, 2.05) is 36.4 Å². The fourth-order valence-corrected chi connectivity index (χ4v) is 8.96. The van der Waals surface area contributed by atoms with E-state index in [2.05, 4.69) is 18.0 Å². The van der Waals surface area contributed by atoms with Crippen LogP contribution in [-0.4, -0.2) is 83.2 Å². The number of ether oxygens (including phenoxy) is 4. The molecule has 1 saturated carbocycles. The lowest BCUT2D eigenvalue weighted by molar-refractivity contribution is -0.384. The van der Waals surface area contributed by atoms with Crippen LogP contribution < -0.4 is 14.8 Å². The van der Waals surface area contributed by atoms with Gasteiger partial charge in [0.15, 0.2) is 0 Å². The van der Waals surface area contributed by atoms with Gasteiger partial charge in [0.1, 0.15) is 24.1 Å². The van der Waals surface area contributed by atoms with Crippen LogP contribution in [0.25, 0.3) is 0 Å². The number of rotatable bonds is 20. The van der Waals surface area contributed by atoms with Gasteiger partial charge in [0.2, 0.25) is 5.79 Å². The molecule has 1 fully saturated rings. The van der Waals surface area contributed by atoms with Crippen molar-refractivity contribution < 1.29 is 48.5 Å². The number of non-ortho nitro benzene ring substituents is 1. The standard InChI is InChI=1S/C46H56N4O11/c1-4-25-58-46-41(49(3)45(54)57-5-2)28-39(48-59-30-32-17-19-34(20-18-32)50(55)56)37-26-33(15-9-11-23-51)36(16-10-12-24-52)42(43(37)46)38-27-35(21-22-40(38)61-46)60-44(53)47-29-31-13-7-6-8-14-31/h4,6-8,13-14,17-22,26-27,33,36,41-43,51-52H,1,5,9-12,15-16,23-25,28-30H2,2-3H3,(H,47,53). The van der Waals surface area contributed by atoms with Gasteiger partial charge in [-0.15, -0.1) is 6.58 Å². The SMILES string of the molecule is C=CCOC12Oc3ccc(OC(=O)NCc4ccccc4)cc3C3C(CCCCO)C(CCCCO)C=C(C(=NOCc4ccc([N+](=O)[O-])cc4)CC1N(C)C(=O)OCC)C32. The fraction of sp³-hybridized carbons (Fsp3) is 0.457. The van der Waals surface area contributed by atoms with E-state index in [9.17, 15) is 29.9 Å². The van der Waals surface area contributed by atoms with E-state index in [-0.39, 0.29) is 69.4 Å². The molecule has 0 radical (unpaired) electrons. The van der Waals surface area contributed by atoms with Crippen LogP contribution in [0.15, 0.2) is 102 Å². The molecule has 3 aromatic rings. The Morgan fingerprint density at radius 3 is 2.46 bits per heavy atom. The van der Waals surface area contributed by atoms with E-state index in [1.165, 1.54) is 17.0 Å². The second-order valence-electron chi connectivity index (χ2n) is 15.5. The molecule has 6 unspecified atom stereocenters. The summed E-state index contributed by atoms with van der Waals surface area (Å²) in [6, 6.07) is 20.1. The zero-order valence-corrected chi connectivity index (χ0v) is 34.8. The van der Waals surface area contributed by atoms with Crippen molar-refractivity contribution in [3.8, 4) is 11.5 Å². The Bertz CT molecular complexity index is 2040. The number of nitrogens with zero attached hydrogens (tertiary/aromatic N) is 3. The first-order valence-electron chi connectivity index (χ1n) is 21.0. The first-order chi connectivity index (χ1) is 29.6. The molecule has 0 saturated heterocycles. The maximum absolute atomic E-state index is 13.7. The lowest BCUT2D eigenvalue weighted by Crippen LogP contribution is -2.69. The zero-order chi connectivity index (χ0) is 43.4. The van der Waals surface area contributed by atoms with Crippen LogP contribution in [-0.2, 0) is 27.5 Å². The number of nitro benzene ring substituents is 1. The third-order valence-corrected chi connectivity index (χ3v) is 11.7. The number of carbonyl (C=O) groups is 2. The summed E-state index contributed by atoms with van der Waals surface area (Å²) in [5, 5.41) is 38.6. The molecule has 0 aromatic heterocycles. The number of likely N-dealkylation sites (N-methyl/N-ethyl adjacent to an activating group) is 1. The predicted octanol–water partition coefficient (Wildman–Crippen LogP) is 7.81. The number of hydrogen-bond donors (Lipinski definition) is 3. The van der Waals surface area contributed by atoms with Gasteiger partial charge in [-0.25, -0.2) is 9.59 Å². The van der Waals surface area contributed by atoms with Gasteiger partial charge in [-0.1, -0.05) is 60.5 Å². The summed E-state index contributed by atoms with van der Waals surface area (Å²) in [4.78, 5) is 45.2. The molecule has 15 heteroatoms.